The van der Waals surface area contributed by atoms with Gasteiger partial charge < -0.3 is 61.7 Å². The van der Waals surface area contributed by atoms with Crippen LogP contribution in [0.3, 0.4) is 0 Å². The molecule has 0 saturated carbocycles. The van der Waals surface area contributed by atoms with E-state index in [9.17, 15) is 0 Å². The van der Waals surface area contributed by atoms with Crippen molar-refractivity contribution in [3.05, 3.63) is 30.1 Å². The first-order valence-electron chi connectivity index (χ1n) is 11.7. The number of ether oxygens (including phenoxy) is 1. The van der Waals surface area contributed by atoms with E-state index in [0.717, 1.165) is 36.2 Å². The molecule has 0 radical (unpaired) electrons. The average Bonchev–Trinajstić information content (AvgIpc) is 2.71. The fourth-order valence-corrected chi connectivity index (χ4v) is 6.44. The van der Waals surface area contributed by atoms with E-state index < -0.39 is 0 Å². The minimum absolute atomic E-state index is 0. The van der Waals surface area contributed by atoms with Gasteiger partial charge in [-0.2, -0.15) is 0 Å². The van der Waals surface area contributed by atoms with Crippen molar-refractivity contribution in [2.24, 2.45) is 5.92 Å². The van der Waals surface area contributed by atoms with Gasteiger partial charge in [-0.1, -0.05) is 6.07 Å². The molecule has 3 aliphatic heterocycles. The van der Waals surface area contributed by atoms with Crippen LogP contribution in [0.1, 0.15) is 56.6 Å². The van der Waals surface area contributed by atoms with E-state index in [1.807, 2.05) is 12.3 Å². The van der Waals surface area contributed by atoms with Crippen LogP contribution in [-0.2, 0) is 4.74 Å². The number of hydrogen-bond acceptors (Lipinski definition) is 2. The zero-order chi connectivity index (χ0) is 19.5. The first kappa shape index (κ1) is 26.7. The van der Waals surface area contributed by atoms with Crippen molar-refractivity contribution in [2.45, 2.75) is 56.9 Å². The number of likely N-dealkylation sites (tertiary alicyclic amines) is 1. The molecule has 30 heavy (non-hydrogen) atoms. The number of quaternary nitrogens is 2. The van der Waals surface area contributed by atoms with Gasteiger partial charge in [-0.25, -0.2) is 0 Å². The van der Waals surface area contributed by atoms with Crippen LogP contribution in [0.15, 0.2) is 24.4 Å². The second kappa shape index (κ2) is 12.1. The van der Waals surface area contributed by atoms with Crippen LogP contribution in [0, 0.1) is 5.92 Å². The topological polar surface area (TPSA) is 22.1 Å². The lowest BCUT2D eigenvalue weighted by molar-refractivity contribution is -0.947. The van der Waals surface area contributed by atoms with Crippen LogP contribution in [0.2, 0.25) is 0 Å². The summed E-state index contributed by atoms with van der Waals surface area (Å²) in [4.78, 5) is 4.63. The summed E-state index contributed by atoms with van der Waals surface area (Å²) in [5.74, 6) is 1.39. The van der Waals surface area contributed by atoms with Crippen molar-refractivity contribution in [1.82, 2.24) is 4.98 Å². The summed E-state index contributed by atoms with van der Waals surface area (Å²) in [7, 11) is 4.93. The smallest absolute Gasteiger partial charge is 0.102 e. The average molecular weight is 641 g/mol. The van der Waals surface area contributed by atoms with E-state index >= 15 is 0 Å². The van der Waals surface area contributed by atoms with E-state index in [0.29, 0.717) is 5.92 Å². The molecule has 0 aromatic carbocycles. The van der Waals surface area contributed by atoms with Gasteiger partial charge in [0.2, 0.25) is 0 Å². The van der Waals surface area contributed by atoms with Crippen LogP contribution < -0.4 is 48.0 Å². The molecule has 0 spiro atoms. The third-order valence-electron chi connectivity index (χ3n) is 8.13. The van der Waals surface area contributed by atoms with Crippen molar-refractivity contribution < 1.29 is 61.7 Å². The summed E-state index contributed by atoms with van der Waals surface area (Å²) in [5.41, 5.74) is 1.28. The Morgan fingerprint density at radius 3 is 2.57 bits per heavy atom. The quantitative estimate of drug-likeness (QED) is 0.201. The summed E-state index contributed by atoms with van der Waals surface area (Å²) in [5, 5.41) is 0. The lowest BCUT2D eigenvalue weighted by Crippen LogP contribution is -3.00. The fourth-order valence-electron chi connectivity index (χ4n) is 6.44. The Kier molecular flexibility index (Phi) is 10.8. The standard InChI is InChI=1S/C24H41N3O.2HI/c1-26(14-7-9-21(19-26)23-11-3-5-13-25-23)17-18-28-20-22-10-8-16-27(2)15-6-4-12-24(22)27;;/h3,5,11,13,21-22,24H,4,6-10,12,14-20H2,1-2H3;2*1H/q+2;;/p-2. The predicted octanol–water partition coefficient (Wildman–Crippen LogP) is -2.16. The van der Waals surface area contributed by atoms with Gasteiger partial charge in [0.1, 0.15) is 6.54 Å². The molecule has 6 heteroatoms. The number of nitrogens with zero attached hydrogens (tertiary/aromatic N) is 3. The van der Waals surface area contributed by atoms with Crippen LogP contribution in [0.5, 0.6) is 0 Å². The molecule has 3 fully saturated rings. The lowest BCUT2D eigenvalue weighted by atomic mass is 9.82. The highest BCUT2D eigenvalue weighted by Gasteiger charge is 2.43. The molecule has 4 nitrogen and oxygen atoms in total. The molecule has 172 valence electrons. The van der Waals surface area contributed by atoms with Gasteiger partial charge in [0.25, 0.3) is 0 Å². The van der Waals surface area contributed by atoms with Crippen molar-refractivity contribution in [2.75, 3.05) is 60.0 Å². The van der Waals surface area contributed by atoms with Crippen molar-refractivity contribution in [3.8, 4) is 0 Å². The number of piperidine rings is 3. The molecule has 0 amide bonds. The fraction of sp³-hybridized carbons (Fsp3) is 0.792. The predicted molar refractivity (Wildman–Crippen MR) is 114 cm³/mol. The van der Waals surface area contributed by atoms with Gasteiger partial charge in [-0.15, -0.1) is 0 Å². The lowest BCUT2D eigenvalue weighted by Gasteiger charge is -2.51. The minimum atomic E-state index is 0. The summed E-state index contributed by atoms with van der Waals surface area (Å²) in [6.45, 7) is 8.33. The van der Waals surface area contributed by atoms with Gasteiger partial charge >= 0.3 is 0 Å². The molecular weight excluding hydrogens is 600 g/mol. The van der Waals surface area contributed by atoms with E-state index in [4.69, 9.17) is 4.74 Å². The highest BCUT2D eigenvalue weighted by Crippen LogP contribution is 2.36. The molecule has 0 aliphatic carbocycles. The maximum atomic E-state index is 6.33. The molecule has 5 unspecified atom stereocenters. The first-order valence-corrected chi connectivity index (χ1v) is 11.7. The van der Waals surface area contributed by atoms with Gasteiger partial charge in [0.15, 0.2) is 0 Å². The Balaban J connectivity index is 0.00000160. The highest BCUT2D eigenvalue weighted by molar-refractivity contribution is 5.09. The third-order valence-corrected chi connectivity index (χ3v) is 8.13. The van der Waals surface area contributed by atoms with Crippen LogP contribution in [0.25, 0.3) is 0 Å². The zero-order valence-electron chi connectivity index (χ0n) is 18.9. The molecular formula is C24H41I2N3O. The van der Waals surface area contributed by atoms with Crippen molar-refractivity contribution in [3.63, 3.8) is 0 Å². The molecule has 3 saturated heterocycles. The highest BCUT2D eigenvalue weighted by atomic mass is 127. The van der Waals surface area contributed by atoms with E-state index in [1.54, 1.807) is 0 Å². The van der Waals surface area contributed by atoms with Crippen LogP contribution in [-0.4, -0.2) is 80.0 Å². The van der Waals surface area contributed by atoms with Gasteiger partial charge in [-0.05, 0) is 50.7 Å². The Morgan fingerprint density at radius 1 is 0.967 bits per heavy atom. The van der Waals surface area contributed by atoms with Gasteiger partial charge in [0.05, 0.1) is 65.4 Å². The molecule has 4 rings (SSSR count). The Morgan fingerprint density at radius 2 is 1.77 bits per heavy atom. The van der Waals surface area contributed by atoms with Crippen molar-refractivity contribution >= 4 is 0 Å². The van der Waals surface area contributed by atoms with Crippen molar-refractivity contribution in [1.29, 1.82) is 0 Å². The Labute approximate surface area is 218 Å². The molecule has 1 aromatic rings. The summed E-state index contributed by atoms with van der Waals surface area (Å²) < 4.78 is 8.80. The number of fused-ring (bicyclic) bond motifs is 1. The molecule has 4 heterocycles. The summed E-state index contributed by atoms with van der Waals surface area (Å²) >= 11 is 0. The van der Waals surface area contributed by atoms with Gasteiger partial charge in [0, 0.05) is 24.2 Å². The molecule has 0 N–H and O–H groups in total. The number of likely N-dealkylation sites (N-methyl/N-ethyl adjacent to an activating group) is 1. The SMILES string of the molecule is C[N+]1(CCOCC2CCC[N+]3(C)CCCCC23)CCCC(c2ccccn2)C1.[I-].[I-]. The summed E-state index contributed by atoms with van der Waals surface area (Å²) in [6, 6.07) is 7.22. The number of rotatable bonds is 6. The van der Waals surface area contributed by atoms with E-state index in [-0.39, 0.29) is 48.0 Å². The molecule has 3 aliphatic rings. The Hall–Kier alpha value is 0.490. The van der Waals surface area contributed by atoms with Crippen LogP contribution in [0.4, 0.5) is 0 Å². The third kappa shape index (κ3) is 6.51. The van der Waals surface area contributed by atoms with E-state index in [2.05, 4.69) is 31.2 Å². The Bertz CT molecular complexity index is 630. The van der Waals surface area contributed by atoms with E-state index in [1.165, 1.54) is 81.3 Å². The maximum Gasteiger partial charge on any atom is 0.102 e. The van der Waals surface area contributed by atoms with Crippen LogP contribution >= 0.6 is 0 Å². The minimum Gasteiger partial charge on any atom is -1.00 e. The largest absolute Gasteiger partial charge is 1.00 e. The first-order chi connectivity index (χ1) is 13.6. The summed E-state index contributed by atoms with van der Waals surface area (Å²) in [6.07, 6.45) is 11.6. The number of hydrogen-bond donors (Lipinski definition) is 0. The van der Waals surface area contributed by atoms with Gasteiger partial charge in [-0.3, -0.25) is 4.98 Å². The second-order valence-corrected chi connectivity index (χ2v) is 10.3. The number of aromatic nitrogens is 1. The number of pyridine rings is 1. The normalized spacial score (nSPS) is 36.1. The molecule has 5 atom stereocenters. The zero-order valence-corrected chi connectivity index (χ0v) is 23.3. The second-order valence-electron chi connectivity index (χ2n) is 10.3. The molecule has 1 aromatic heterocycles. The number of halogens is 2. The monoisotopic (exact) mass is 641 g/mol. The molecule has 0 bridgehead atoms. The maximum absolute atomic E-state index is 6.33.